The predicted molar refractivity (Wildman–Crippen MR) is 133 cm³/mol. The number of ether oxygens (including phenoxy) is 1. The van der Waals surface area contributed by atoms with Crippen LogP contribution in [0.5, 0.6) is 0 Å². The molecular weight excluding hydrogens is 544 g/mol. The average molecular weight is 581 g/mol. The van der Waals surface area contributed by atoms with E-state index in [4.69, 9.17) is 39.5 Å². The lowest BCUT2D eigenvalue weighted by Crippen LogP contribution is -2.57. The Balaban J connectivity index is 2.07. The van der Waals surface area contributed by atoms with E-state index in [1.54, 1.807) is 0 Å². The number of amides is 1. The van der Waals surface area contributed by atoms with Gasteiger partial charge in [0.1, 0.15) is 6.61 Å². The highest BCUT2D eigenvalue weighted by Gasteiger charge is 2.45. The number of carbonyl (C=O) groups excluding carboxylic acids is 1. The Hall–Kier alpha value is 0.870. The highest BCUT2D eigenvalue weighted by Crippen LogP contribution is 2.44. The van der Waals surface area contributed by atoms with E-state index in [0.29, 0.717) is 12.0 Å². The molecule has 1 saturated heterocycles. The van der Waals surface area contributed by atoms with E-state index < -0.39 is 3.79 Å². The maximum atomic E-state index is 13.1. The topological polar surface area (TPSA) is 29.5 Å². The van der Waals surface area contributed by atoms with Gasteiger partial charge in [-0.2, -0.15) is 0 Å². The number of rotatable bonds is 10. The third-order valence-corrected chi connectivity index (χ3v) is 7.77. The number of hydrogen-bond donors (Lipinski definition) is 0. The molecule has 0 aromatic heterocycles. The fraction of sp³-hybridized carbons (Fsp3) is 0.955. The minimum absolute atomic E-state index is 0.189. The molecule has 4 unspecified atom stereocenters. The number of halogens is 4. The number of carbonyl (C=O) groups is 1. The van der Waals surface area contributed by atoms with Crippen LogP contribution in [0.15, 0.2) is 0 Å². The number of hydrogen-bond acceptors (Lipinski definition) is 2. The molecule has 4 atom stereocenters. The van der Waals surface area contributed by atoms with Crippen molar-refractivity contribution in [1.82, 2.24) is 4.90 Å². The van der Waals surface area contributed by atoms with Gasteiger partial charge < -0.3 is 9.64 Å². The maximum Gasteiger partial charge on any atom is 0.410 e. The van der Waals surface area contributed by atoms with Gasteiger partial charge in [-0.25, -0.2) is 4.79 Å². The van der Waals surface area contributed by atoms with E-state index in [1.165, 1.54) is 68.6 Å². The van der Waals surface area contributed by atoms with Crippen LogP contribution in [-0.4, -0.2) is 37.9 Å². The molecule has 29 heavy (non-hydrogen) atoms. The number of unbranched alkanes of at least 4 members (excludes halogenated alkanes) is 4. The summed E-state index contributed by atoms with van der Waals surface area (Å²) in [5.74, 6) is 1.34. The van der Waals surface area contributed by atoms with Gasteiger partial charge in [0.25, 0.3) is 0 Å². The van der Waals surface area contributed by atoms with Gasteiger partial charge in [-0.1, -0.05) is 116 Å². The van der Waals surface area contributed by atoms with Gasteiger partial charge >= 0.3 is 6.09 Å². The van der Waals surface area contributed by atoms with Crippen molar-refractivity contribution in [3.63, 3.8) is 0 Å². The molecule has 1 saturated carbocycles. The number of likely N-dealkylation sites (tertiary alicyclic amines) is 1. The molecule has 170 valence electrons. The first-order valence-corrected chi connectivity index (χ1v) is 14.1. The summed E-state index contributed by atoms with van der Waals surface area (Å²) in [6.45, 7) is 2.07. The molecule has 2 aliphatic rings. The van der Waals surface area contributed by atoms with Crippen molar-refractivity contribution >= 4 is 63.5 Å². The summed E-state index contributed by atoms with van der Waals surface area (Å²) in [6.07, 6.45) is 15.5. The van der Waals surface area contributed by atoms with Gasteiger partial charge in [-0.3, -0.25) is 0 Å². The lowest BCUT2D eigenvalue weighted by atomic mass is 9.68. The standard InChI is InChI=1S/C22H37Cl3INO2/c1-2-3-5-9-17-10-8-12-20-19(17)14-13-18(11-6-4-7-15-26)27(20)21(28)29-16-22(23,24)25/h17-20H,2-16H2,1H3. The lowest BCUT2D eigenvalue weighted by Gasteiger charge is -2.51. The summed E-state index contributed by atoms with van der Waals surface area (Å²) < 4.78 is 5.11. The first-order chi connectivity index (χ1) is 13.9. The van der Waals surface area contributed by atoms with Gasteiger partial charge in [0.15, 0.2) is 0 Å². The highest BCUT2D eigenvalue weighted by atomic mass is 127. The Bertz CT molecular complexity index is 489. The summed E-state index contributed by atoms with van der Waals surface area (Å²) in [4.78, 5) is 15.2. The van der Waals surface area contributed by atoms with Crippen LogP contribution in [0.1, 0.15) is 90.4 Å². The van der Waals surface area contributed by atoms with Crippen molar-refractivity contribution in [1.29, 1.82) is 0 Å². The van der Waals surface area contributed by atoms with Crippen LogP contribution < -0.4 is 0 Å². The van der Waals surface area contributed by atoms with Gasteiger partial charge in [0, 0.05) is 12.1 Å². The normalized spacial score (nSPS) is 27.6. The fourth-order valence-corrected chi connectivity index (χ4v) is 6.05. The molecule has 0 bridgehead atoms. The third kappa shape index (κ3) is 8.73. The second-order valence-electron chi connectivity index (χ2n) is 8.76. The molecule has 1 aliphatic heterocycles. The molecular formula is C22H37Cl3INO2. The molecule has 0 N–H and O–H groups in total. The lowest BCUT2D eigenvalue weighted by molar-refractivity contribution is -0.0171. The molecule has 1 amide bonds. The van der Waals surface area contributed by atoms with Crippen LogP contribution in [0.2, 0.25) is 0 Å². The minimum Gasteiger partial charge on any atom is -0.445 e. The van der Waals surface area contributed by atoms with E-state index in [0.717, 1.165) is 25.2 Å². The second-order valence-corrected chi connectivity index (χ2v) is 12.4. The van der Waals surface area contributed by atoms with Gasteiger partial charge in [-0.15, -0.1) is 0 Å². The fourth-order valence-electron chi connectivity index (χ4n) is 5.35. The summed E-state index contributed by atoms with van der Waals surface area (Å²) in [5.41, 5.74) is 0. The summed E-state index contributed by atoms with van der Waals surface area (Å²) in [6, 6.07) is 0.560. The SMILES string of the molecule is CCCCCC1CCCC2C1CCC(CCCCCI)N2C(=O)OCC(Cl)(Cl)Cl. The van der Waals surface area contributed by atoms with E-state index >= 15 is 0 Å². The van der Waals surface area contributed by atoms with E-state index in [2.05, 4.69) is 34.4 Å². The van der Waals surface area contributed by atoms with Gasteiger partial charge in [0.05, 0.1) is 0 Å². The Labute approximate surface area is 206 Å². The first-order valence-electron chi connectivity index (χ1n) is 11.4. The van der Waals surface area contributed by atoms with Crippen LogP contribution in [0.3, 0.4) is 0 Å². The molecule has 2 rings (SSSR count). The Morgan fingerprint density at radius 1 is 1.03 bits per heavy atom. The Morgan fingerprint density at radius 2 is 1.79 bits per heavy atom. The van der Waals surface area contributed by atoms with Crippen LogP contribution in [0, 0.1) is 11.8 Å². The monoisotopic (exact) mass is 579 g/mol. The number of alkyl halides is 4. The summed E-state index contributed by atoms with van der Waals surface area (Å²) in [5, 5.41) is 0. The summed E-state index contributed by atoms with van der Waals surface area (Å²) in [7, 11) is 0. The van der Waals surface area contributed by atoms with Gasteiger partial charge in [0.2, 0.25) is 3.79 Å². The number of fused-ring (bicyclic) bond motifs is 1. The van der Waals surface area contributed by atoms with Crippen molar-refractivity contribution in [3.8, 4) is 0 Å². The zero-order chi connectivity index (χ0) is 21.3. The Kier molecular flexibility index (Phi) is 12.1. The predicted octanol–water partition coefficient (Wildman–Crippen LogP) is 8.32. The molecule has 0 aromatic carbocycles. The van der Waals surface area contributed by atoms with Gasteiger partial charge in [-0.05, 0) is 48.4 Å². The number of nitrogens with zero attached hydrogens (tertiary/aromatic N) is 1. The molecule has 1 heterocycles. The van der Waals surface area contributed by atoms with Crippen molar-refractivity contribution < 1.29 is 9.53 Å². The minimum atomic E-state index is -1.56. The molecule has 0 radical (unpaired) electrons. The highest BCUT2D eigenvalue weighted by molar-refractivity contribution is 14.1. The van der Waals surface area contributed by atoms with E-state index in [1.807, 2.05) is 0 Å². The molecule has 3 nitrogen and oxygen atoms in total. The summed E-state index contributed by atoms with van der Waals surface area (Å²) >= 11 is 19.9. The molecule has 2 fully saturated rings. The zero-order valence-corrected chi connectivity index (χ0v) is 22.1. The molecule has 1 aliphatic carbocycles. The van der Waals surface area contributed by atoms with E-state index in [-0.39, 0.29) is 18.7 Å². The first kappa shape index (κ1) is 26.1. The van der Waals surface area contributed by atoms with Crippen LogP contribution in [0.4, 0.5) is 4.79 Å². The quantitative estimate of drug-likeness (QED) is 0.148. The third-order valence-electron chi connectivity index (χ3n) is 6.68. The van der Waals surface area contributed by atoms with Crippen molar-refractivity contribution in [2.24, 2.45) is 11.8 Å². The molecule has 7 heteroatoms. The van der Waals surface area contributed by atoms with Crippen molar-refractivity contribution in [3.05, 3.63) is 0 Å². The zero-order valence-electron chi connectivity index (χ0n) is 17.7. The second kappa shape index (κ2) is 13.4. The Morgan fingerprint density at radius 3 is 2.48 bits per heavy atom. The maximum absolute atomic E-state index is 13.1. The molecule has 0 aromatic rings. The van der Waals surface area contributed by atoms with Crippen molar-refractivity contribution in [2.45, 2.75) is 106 Å². The average Bonchev–Trinajstić information content (AvgIpc) is 2.68. The van der Waals surface area contributed by atoms with Crippen LogP contribution in [-0.2, 0) is 4.74 Å². The largest absolute Gasteiger partial charge is 0.445 e. The van der Waals surface area contributed by atoms with Crippen molar-refractivity contribution in [2.75, 3.05) is 11.0 Å². The molecule has 0 spiro atoms. The van der Waals surface area contributed by atoms with E-state index in [9.17, 15) is 4.79 Å². The van der Waals surface area contributed by atoms with Crippen LogP contribution in [0.25, 0.3) is 0 Å². The smallest absolute Gasteiger partial charge is 0.410 e. The van der Waals surface area contributed by atoms with Crippen LogP contribution >= 0.6 is 57.4 Å². The number of piperidine rings is 1.